The van der Waals surface area contributed by atoms with E-state index in [4.69, 9.17) is 9.73 Å². The lowest BCUT2D eigenvalue weighted by Crippen LogP contribution is -2.44. The van der Waals surface area contributed by atoms with E-state index in [1.807, 2.05) is 18.2 Å². The Balaban J connectivity index is 1.58. The van der Waals surface area contributed by atoms with Crippen LogP contribution in [0.3, 0.4) is 0 Å². The van der Waals surface area contributed by atoms with Crippen LogP contribution in [0.5, 0.6) is 0 Å². The summed E-state index contributed by atoms with van der Waals surface area (Å²) in [4.78, 5) is 18.6. The number of guanidine groups is 1. The van der Waals surface area contributed by atoms with Gasteiger partial charge in [0.25, 0.3) is 0 Å². The third kappa shape index (κ3) is 5.25. The molecule has 0 saturated carbocycles. The number of para-hydroxylation sites is 1. The maximum absolute atomic E-state index is 11.5. The molecule has 1 heterocycles. The van der Waals surface area contributed by atoms with E-state index in [9.17, 15) is 4.79 Å². The van der Waals surface area contributed by atoms with Crippen molar-refractivity contribution in [3.63, 3.8) is 0 Å². The van der Waals surface area contributed by atoms with E-state index in [1.54, 1.807) is 12.1 Å². The minimum Gasteiger partial charge on any atom is -0.465 e. The van der Waals surface area contributed by atoms with Crippen LogP contribution in [-0.2, 0) is 11.3 Å². The van der Waals surface area contributed by atoms with Crippen molar-refractivity contribution in [2.75, 3.05) is 31.6 Å². The summed E-state index contributed by atoms with van der Waals surface area (Å²) in [5, 5.41) is 6.87. The van der Waals surface area contributed by atoms with Gasteiger partial charge in [-0.3, -0.25) is 0 Å². The Hall–Kier alpha value is -3.02. The zero-order valence-electron chi connectivity index (χ0n) is 16.5. The molecule has 1 unspecified atom stereocenters. The number of rotatable bonds is 6. The van der Waals surface area contributed by atoms with Gasteiger partial charge in [0.15, 0.2) is 5.96 Å². The van der Waals surface area contributed by atoms with Crippen molar-refractivity contribution in [1.29, 1.82) is 0 Å². The quantitative estimate of drug-likeness (QED) is 0.458. The number of esters is 1. The molecule has 0 spiro atoms. The monoisotopic (exact) mass is 380 g/mol. The summed E-state index contributed by atoms with van der Waals surface area (Å²) in [6.45, 7) is 5.42. The Morgan fingerprint density at radius 1 is 1.18 bits per heavy atom. The van der Waals surface area contributed by atoms with Crippen LogP contribution in [0.4, 0.5) is 5.69 Å². The highest BCUT2D eigenvalue weighted by Crippen LogP contribution is 2.19. The second-order valence-electron chi connectivity index (χ2n) is 6.80. The summed E-state index contributed by atoms with van der Waals surface area (Å²) >= 11 is 0. The first-order valence-electron chi connectivity index (χ1n) is 9.71. The zero-order valence-corrected chi connectivity index (χ0v) is 16.5. The Kier molecular flexibility index (Phi) is 6.89. The molecule has 28 heavy (non-hydrogen) atoms. The summed E-state index contributed by atoms with van der Waals surface area (Å²) in [7, 11) is 1.39. The van der Waals surface area contributed by atoms with E-state index in [2.05, 4.69) is 46.7 Å². The normalized spacial score (nSPS) is 16.7. The fourth-order valence-electron chi connectivity index (χ4n) is 3.30. The van der Waals surface area contributed by atoms with E-state index in [0.717, 1.165) is 37.6 Å². The molecule has 1 saturated heterocycles. The second kappa shape index (κ2) is 9.78. The number of benzene rings is 2. The number of methoxy groups -OCH3 is 1. The first kappa shape index (κ1) is 19.7. The molecule has 1 fully saturated rings. The van der Waals surface area contributed by atoms with Gasteiger partial charge in [-0.1, -0.05) is 30.3 Å². The van der Waals surface area contributed by atoms with Gasteiger partial charge in [0, 0.05) is 31.4 Å². The molecule has 0 bridgehead atoms. The average molecular weight is 380 g/mol. The zero-order chi connectivity index (χ0) is 19.8. The lowest BCUT2D eigenvalue weighted by Gasteiger charge is -2.20. The molecule has 0 radical (unpaired) electrons. The second-order valence-corrected chi connectivity index (χ2v) is 6.80. The molecule has 2 N–H and O–H groups in total. The maximum atomic E-state index is 11.5. The van der Waals surface area contributed by atoms with Crippen molar-refractivity contribution in [3.8, 4) is 0 Å². The average Bonchev–Trinajstić information content (AvgIpc) is 3.21. The maximum Gasteiger partial charge on any atom is 0.337 e. The fraction of sp³-hybridized carbons (Fsp3) is 0.364. The lowest BCUT2D eigenvalue weighted by molar-refractivity contribution is 0.0600. The van der Waals surface area contributed by atoms with Crippen LogP contribution < -0.4 is 15.5 Å². The number of aliphatic imine (C=N–C) groups is 1. The Labute approximate surface area is 166 Å². The first-order chi connectivity index (χ1) is 13.7. The molecule has 0 amide bonds. The van der Waals surface area contributed by atoms with Gasteiger partial charge >= 0.3 is 5.97 Å². The van der Waals surface area contributed by atoms with E-state index < -0.39 is 0 Å². The van der Waals surface area contributed by atoms with Crippen LogP contribution in [0.1, 0.15) is 29.3 Å². The minimum atomic E-state index is -0.325. The Morgan fingerprint density at radius 3 is 2.61 bits per heavy atom. The van der Waals surface area contributed by atoms with Crippen molar-refractivity contribution in [2.24, 2.45) is 4.99 Å². The van der Waals surface area contributed by atoms with Gasteiger partial charge < -0.3 is 20.3 Å². The highest BCUT2D eigenvalue weighted by molar-refractivity contribution is 5.89. The van der Waals surface area contributed by atoms with Crippen LogP contribution in [0, 0.1) is 0 Å². The lowest BCUT2D eigenvalue weighted by atomic mass is 10.1. The largest absolute Gasteiger partial charge is 0.465 e. The highest BCUT2D eigenvalue weighted by Gasteiger charge is 2.23. The smallest absolute Gasteiger partial charge is 0.337 e. The molecule has 2 aromatic carbocycles. The van der Waals surface area contributed by atoms with Gasteiger partial charge in [0.05, 0.1) is 19.2 Å². The third-order valence-corrected chi connectivity index (χ3v) is 4.79. The number of hydrogen-bond acceptors (Lipinski definition) is 4. The summed E-state index contributed by atoms with van der Waals surface area (Å²) in [5.74, 6) is 0.494. The molecule has 1 aliphatic rings. The number of carbonyl (C=O) groups excluding carboxylic acids is 1. The van der Waals surface area contributed by atoms with Crippen molar-refractivity contribution in [2.45, 2.75) is 25.9 Å². The van der Waals surface area contributed by atoms with Gasteiger partial charge in [0.2, 0.25) is 0 Å². The number of anilines is 1. The minimum absolute atomic E-state index is 0.325. The summed E-state index contributed by atoms with van der Waals surface area (Å²) in [6.07, 6.45) is 1.08. The van der Waals surface area contributed by atoms with E-state index >= 15 is 0 Å². The van der Waals surface area contributed by atoms with E-state index in [0.29, 0.717) is 18.2 Å². The SMILES string of the molecule is CCNC(=NCc1ccc(C(=O)OC)cc1)NC1CCN(c2ccccc2)C1. The van der Waals surface area contributed by atoms with Gasteiger partial charge in [-0.05, 0) is 43.2 Å². The van der Waals surface area contributed by atoms with Crippen molar-refractivity contribution in [3.05, 3.63) is 65.7 Å². The number of carbonyl (C=O) groups is 1. The number of hydrogen-bond donors (Lipinski definition) is 2. The third-order valence-electron chi connectivity index (χ3n) is 4.79. The van der Waals surface area contributed by atoms with Gasteiger partial charge in [-0.25, -0.2) is 9.79 Å². The van der Waals surface area contributed by atoms with Gasteiger partial charge in [-0.2, -0.15) is 0 Å². The van der Waals surface area contributed by atoms with E-state index in [-0.39, 0.29) is 5.97 Å². The van der Waals surface area contributed by atoms with Crippen LogP contribution in [0.2, 0.25) is 0 Å². The molecule has 2 aromatic rings. The standard InChI is InChI=1S/C22H28N4O2/c1-3-23-22(24-15-17-9-11-18(12-10-17)21(27)28-2)25-19-13-14-26(16-19)20-7-5-4-6-8-20/h4-12,19H,3,13-16H2,1-2H3,(H2,23,24,25). The first-order valence-corrected chi connectivity index (χ1v) is 9.71. The molecule has 6 nitrogen and oxygen atoms in total. The summed E-state index contributed by atoms with van der Waals surface area (Å²) in [6, 6.07) is 18.2. The van der Waals surface area contributed by atoms with Gasteiger partial charge in [-0.15, -0.1) is 0 Å². The molecule has 0 aliphatic carbocycles. The summed E-state index contributed by atoms with van der Waals surface area (Å²) < 4.78 is 4.73. The van der Waals surface area contributed by atoms with Crippen molar-refractivity contribution >= 4 is 17.6 Å². The predicted octanol–water partition coefficient (Wildman–Crippen LogP) is 2.81. The van der Waals surface area contributed by atoms with Crippen molar-refractivity contribution in [1.82, 2.24) is 10.6 Å². The molecule has 1 aliphatic heterocycles. The van der Waals surface area contributed by atoms with Crippen LogP contribution >= 0.6 is 0 Å². The van der Waals surface area contributed by atoms with Crippen molar-refractivity contribution < 1.29 is 9.53 Å². The van der Waals surface area contributed by atoms with Gasteiger partial charge in [0.1, 0.15) is 0 Å². The van der Waals surface area contributed by atoms with Crippen LogP contribution in [-0.4, -0.2) is 44.7 Å². The molecular formula is C22H28N4O2. The topological polar surface area (TPSA) is 66.0 Å². The molecule has 148 valence electrons. The number of nitrogens with zero attached hydrogens (tertiary/aromatic N) is 2. The number of ether oxygens (including phenoxy) is 1. The Bertz CT molecular complexity index is 790. The summed E-state index contributed by atoms with van der Waals surface area (Å²) in [5.41, 5.74) is 2.86. The Morgan fingerprint density at radius 2 is 1.93 bits per heavy atom. The molecule has 0 aromatic heterocycles. The number of nitrogens with one attached hydrogen (secondary N) is 2. The molecule has 1 atom stereocenters. The van der Waals surface area contributed by atoms with E-state index in [1.165, 1.54) is 12.8 Å². The fourth-order valence-corrected chi connectivity index (χ4v) is 3.30. The van der Waals surface area contributed by atoms with Crippen LogP contribution in [0.25, 0.3) is 0 Å². The predicted molar refractivity (Wildman–Crippen MR) is 113 cm³/mol. The molecule has 3 rings (SSSR count). The van der Waals surface area contributed by atoms with Crippen LogP contribution in [0.15, 0.2) is 59.6 Å². The highest BCUT2D eigenvalue weighted by atomic mass is 16.5. The molecular weight excluding hydrogens is 352 g/mol. The molecule has 6 heteroatoms.